The lowest BCUT2D eigenvalue weighted by atomic mass is 9.96. The minimum atomic E-state index is -0.934. The van der Waals surface area contributed by atoms with Crippen LogP contribution in [-0.4, -0.2) is 41.5 Å². The van der Waals surface area contributed by atoms with Crippen molar-refractivity contribution in [1.82, 2.24) is 9.88 Å². The van der Waals surface area contributed by atoms with Gasteiger partial charge >= 0.3 is 5.97 Å². The van der Waals surface area contributed by atoms with Gasteiger partial charge in [0.15, 0.2) is 6.10 Å². The number of nitrogens with zero attached hydrogens (tertiary/aromatic N) is 2. The van der Waals surface area contributed by atoms with Gasteiger partial charge in [0.1, 0.15) is 0 Å². The molecule has 1 aliphatic rings. The van der Waals surface area contributed by atoms with Crippen LogP contribution in [0.25, 0.3) is 10.9 Å². The summed E-state index contributed by atoms with van der Waals surface area (Å²) in [5.74, 6) is -0.847. The molecule has 1 unspecified atom stereocenters. The first-order chi connectivity index (χ1) is 14.8. The maximum atomic E-state index is 13.3. The molecule has 0 fully saturated rings. The lowest BCUT2D eigenvalue weighted by Crippen LogP contribution is -2.32. The summed E-state index contributed by atoms with van der Waals surface area (Å²) in [6.45, 7) is 7.01. The normalized spacial score (nSPS) is 14.7. The minimum absolute atomic E-state index is 0.355. The van der Waals surface area contributed by atoms with Crippen LogP contribution < -0.4 is 5.32 Å². The molecular formula is C25H27N3O3. The van der Waals surface area contributed by atoms with Crippen LogP contribution in [0.1, 0.15) is 39.7 Å². The van der Waals surface area contributed by atoms with Crippen molar-refractivity contribution < 1.29 is 14.3 Å². The van der Waals surface area contributed by atoms with Gasteiger partial charge in [-0.1, -0.05) is 30.3 Å². The largest absolute Gasteiger partial charge is 0.449 e. The molecule has 6 heteroatoms. The van der Waals surface area contributed by atoms with Gasteiger partial charge in [-0.05, 0) is 51.1 Å². The third-order valence-corrected chi connectivity index (χ3v) is 5.75. The lowest BCUT2D eigenvalue weighted by molar-refractivity contribution is -0.123. The topological polar surface area (TPSA) is 71.5 Å². The Balaban J connectivity index is 1.61. The first-order valence-electron chi connectivity index (χ1n) is 10.5. The average molecular weight is 418 g/mol. The molecule has 0 aliphatic carbocycles. The lowest BCUT2D eigenvalue weighted by Gasteiger charge is -2.27. The summed E-state index contributed by atoms with van der Waals surface area (Å²) in [7, 11) is 2.02. The van der Waals surface area contributed by atoms with Crippen LogP contribution in [0, 0.1) is 13.8 Å². The van der Waals surface area contributed by atoms with E-state index in [1.807, 2.05) is 63.4 Å². The summed E-state index contributed by atoms with van der Waals surface area (Å²) in [5, 5.41) is 3.63. The third kappa shape index (κ3) is 4.30. The molecule has 0 saturated heterocycles. The van der Waals surface area contributed by atoms with Crippen LogP contribution in [0.4, 0.5) is 5.69 Å². The maximum Gasteiger partial charge on any atom is 0.339 e. The number of fused-ring (bicyclic) bond motifs is 2. The summed E-state index contributed by atoms with van der Waals surface area (Å²) in [4.78, 5) is 32.9. The molecule has 1 aliphatic heterocycles. The molecule has 31 heavy (non-hydrogen) atoms. The molecule has 160 valence electrons. The Morgan fingerprint density at radius 3 is 2.74 bits per heavy atom. The van der Waals surface area contributed by atoms with Crippen LogP contribution >= 0.6 is 0 Å². The number of nitrogens with one attached hydrogen (secondary N) is 1. The van der Waals surface area contributed by atoms with Gasteiger partial charge in [0.25, 0.3) is 5.91 Å². The minimum Gasteiger partial charge on any atom is -0.449 e. The van der Waals surface area contributed by atoms with Crippen LogP contribution in [0.3, 0.4) is 0 Å². The second-order valence-electron chi connectivity index (χ2n) is 8.27. The summed E-state index contributed by atoms with van der Waals surface area (Å²) in [5.41, 5.74) is 5.82. The number of aromatic nitrogens is 1. The number of para-hydroxylation sites is 1. The Labute approximate surface area is 182 Å². The predicted octanol–water partition coefficient (Wildman–Crippen LogP) is 4.02. The summed E-state index contributed by atoms with van der Waals surface area (Å²) >= 11 is 0. The average Bonchev–Trinajstić information content (AvgIpc) is 2.74. The molecule has 2 aromatic carbocycles. The van der Waals surface area contributed by atoms with Crippen molar-refractivity contribution in [2.75, 3.05) is 18.9 Å². The zero-order chi connectivity index (χ0) is 22.1. The van der Waals surface area contributed by atoms with Crippen molar-refractivity contribution >= 4 is 28.5 Å². The third-order valence-electron chi connectivity index (χ3n) is 5.75. The Morgan fingerprint density at radius 2 is 1.94 bits per heavy atom. The van der Waals surface area contributed by atoms with Gasteiger partial charge in [-0.15, -0.1) is 0 Å². The van der Waals surface area contributed by atoms with E-state index in [4.69, 9.17) is 9.72 Å². The zero-order valence-corrected chi connectivity index (χ0v) is 18.4. The van der Waals surface area contributed by atoms with Crippen molar-refractivity contribution in [2.45, 2.75) is 39.8 Å². The van der Waals surface area contributed by atoms with E-state index < -0.39 is 12.1 Å². The highest BCUT2D eigenvalue weighted by molar-refractivity contribution is 6.06. The number of pyridine rings is 1. The second-order valence-corrected chi connectivity index (χ2v) is 8.27. The Morgan fingerprint density at radius 1 is 1.16 bits per heavy atom. The fourth-order valence-electron chi connectivity index (χ4n) is 3.94. The number of anilines is 1. The molecule has 1 atom stereocenters. The van der Waals surface area contributed by atoms with Crippen molar-refractivity contribution in [2.24, 2.45) is 0 Å². The number of likely N-dealkylation sites (N-methyl/N-ethyl adjacent to an activating group) is 1. The SMILES string of the molecule is Cc1ccc(C)c(NC(=O)C(C)OC(=O)c2c3c(nc4ccccc24)CCN(C)C3)c1. The van der Waals surface area contributed by atoms with Crippen LogP contribution in [0.5, 0.6) is 0 Å². The summed E-state index contributed by atoms with van der Waals surface area (Å²) in [6, 6.07) is 13.4. The molecular weight excluding hydrogens is 390 g/mol. The van der Waals surface area contributed by atoms with Crippen molar-refractivity contribution in [3.8, 4) is 0 Å². The van der Waals surface area contributed by atoms with E-state index >= 15 is 0 Å². The molecule has 0 radical (unpaired) electrons. The highest BCUT2D eigenvalue weighted by Crippen LogP contribution is 2.28. The fraction of sp³-hybridized carbons (Fsp3) is 0.320. The van der Waals surface area contributed by atoms with Crippen LogP contribution in [-0.2, 0) is 22.5 Å². The van der Waals surface area contributed by atoms with Crippen LogP contribution in [0.2, 0.25) is 0 Å². The summed E-state index contributed by atoms with van der Waals surface area (Å²) < 4.78 is 5.65. The number of hydrogen-bond acceptors (Lipinski definition) is 5. The van der Waals surface area contributed by atoms with Gasteiger partial charge in [-0.3, -0.25) is 9.78 Å². The summed E-state index contributed by atoms with van der Waals surface area (Å²) in [6.07, 6.45) is -0.157. The van der Waals surface area contributed by atoms with Crippen molar-refractivity contribution in [3.05, 3.63) is 70.4 Å². The molecule has 1 N–H and O–H groups in total. The number of carbonyl (C=O) groups is 2. The Hall–Kier alpha value is -3.25. The number of rotatable bonds is 4. The van der Waals surface area contributed by atoms with E-state index in [0.717, 1.165) is 51.9 Å². The first-order valence-corrected chi connectivity index (χ1v) is 10.5. The van der Waals surface area contributed by atoms with E-state index in [0.29, 0.717) is 12.1 Å². The number of aryl methyl sites for hydroxylation is 2. The smallest absolute Gasteiger partial charge is 0.339 e. The highest BCUT2D eigenvalue weighted by Gasteiger charge is 2.27. The van der Waals surface area contributed by atoms with Crippen LogP contribution in [0.15, 0.2) is 42.5 Å². The molecule has 0 bridgehead atoms. The van der Waals surface area contributed by atoms with Gasteiger partial charge in [-0.2, -0.15) is 0 Å². The Kier molecular flexibility index (Phi) is 5.74. The zero-order valence-electron chi connectivity index (χ0n) is 18.4. The van der Waals surface area contributed by atoms with E-state index in [1.165, 1.54) is 0 Å². The first kappa shape index (κ1) is 21.0. The highest BCUT2D eigenvalue weighted by atomic mass is 16.5. The van der Waals surface area contributed by atoms with Gasteiger partial charge < -0.3 is 15.0 Å². The molecule has 1 aromatic heterocycles. The number of hydrogen-bond donors (Lipinski definition) is 1. The predicted molar refractivity (Wildman–Crippen MR) is 121 cm³/mol. The number of amides is 1. The molecule has 2 heterocycles. The standard InChI is InChI=1S/C25H27N3O3/c1-15-9-10-16(2)22(13-15)27-24(29)17(3)31-25(30)23-18-7-5-6-8-20(18)26-21-11-12-28(4)14-19(21)23/h5-10,13,17H,11-12,14H2,1-4H3,(H,27,29). The van der Waals surface area contributed by atoms with Gasteiger partial charge in [0, 0.05) is 41.8 Å². The number of ether oxygens (including phenoxy) is 1. The molecule has 0 saturated carbocycles. The molecule has 4 rings (SSSR count). The quantitative estimate of drug-likeness (QED) is 0.649. The van der Waals surface area contributed by atoms with Crippen molar-refractivity contribution in [1.29, 1.82) is 0 Å². The number of carbonyl (C=O) groups excluding carboxylic acids is 2. The van der Waals surface area contributed by atoms with E-state index in [2.05, 4.69) is 10.2 Å². The van der Waals surface area contributed by atoms with Gasteiger partial charge in [-0.25, -0.2) is 4.79 Å². The number of benzene rings is 2. The number of esters is 1. The van der Waals surface area contributed by atoms with E-state index in [1.54, 1.807) is 6.92 Å². The van der Waals surface area contributed by atoms with E-state index in [-0.39, 0.29) is 5.91 Å². The second kappa shape index (κ2) is 8.47. The maximum absolute atomic E-state index is 13.3. The Bertz CT molecular complexity index is 1170. The molecule has 3 aromatic rings. The monoisotopic (exact) mass is 417 g/mol. The molecule has 1 amide bonds. The molecule has 6 nitrogen and oxygen atoms in total. The fourth-order valence-corrected chi connectivity index (χ4v) is 3.94. The van der Waals surface area contributed by atoms with Gasteiger partial charge in [0.05, 0.1) is 11.1 Å². The molecule has 0 spiro atoms. The van der Waals surface area contributed by atoms with Gasteiger partial charge in [0.2, 0.25) is 0 Å². The van der Waals surface area contributed by atoms with Crippen molar-refractivity contribution in [3.63, 3.8) is 0 Å². The van der Waals surface area contributed by atoms with E-state index in [9.17, 15) is 9.59 Å².